The van der Waals surface area contributed by atoms with Gasteiger partial charge in [-0.05, 0) is 49.0 Å². The van der Waals surface area contributed by atoms with E-state index < -0.39 is 0 Å². The van der Waals surface area contributed by atoms with Gasteiger partial charge in [-0.2, -0.15) is 0 Å². The number of hydrogen-bond donors (Lipinski definition) is 1. The van der Waals surface area contributed by atoms with Gasteiger partial charge < -0.3 is 10.1 Å². The van der Waals surface area contributed by atoms with E-state index in [2.05, 4.69) is 28.4 Å². The highest BCUT2D eigenvalue weighted by molar-refractivity contribution is 5.28. The second-order valence-electron chi connectivity index (χ2n) is 5.74. The fraction of sp³-hybridized carbons (Fsp3) is 0.600. The number of methoxy groups -OCH3 is 1. The second-order valence-corrected chi connectivity index (χ2v) is 5.74. The van der Waals surface area contributed by atoms with Gasteiger partial charge in [0.25, 0.3) is 0 Å². The van der Waals surface area contributed by atoms with Crippen molar-refractivity contribution < 1.29 is 4.74 Å². The Labute approximate surface area is 109 Å². The van der Waals surface area contributed by atoms with Crippen LogP contribution in [0.3, 0.4) is 0 Å². The first kappa shape index (κ1) is 12.0. The van der Waals surface area contributed by atoms with Crippen LogP contribution >= 0.6 is 0 Å². The van der Waals surface area contributed by atoms with Gasteiger partial charge in [-0.3, -0.25) is 4.90 Å². The molecule has 0 aliphatic carbocycles. The monoisotopic (exact) mass is 246 g/mol. The van der Waals surface area contributed by atoms with E-state index >= 15 is 0 Å². The van der Waals surface area contributed by atoms with Crippen LogP contribution in [-0.2, 0) is 6.54 Å². The van der Waals surface area contributed by atoms with Gasteiger partial charge in [0.1, 0.15) is 5.75 Å². The first-order chi connectivity index (χ1) is 8.80. The predicted molar refractivity (Wildman–Crippen MR) is 72.8 cm³/mol. The summed E-state index contributed by atoms with van der Waals surface area (Å²) in [5.74, 6) is 0.962. The Morgan fingerprint density at radius 2 is 2.33 bits per heavy atom. The largest absolute Gasteiger partial charge is 0.497 e. The first-order valence-corrected chi connectivity index (χ1v) is 6.86. The zero-order chi connectivity index (χ0) is 12.4. The summed E-state index contributed by atoms with van der Waals surface area (Å²) >= 11 is 0. The molecule has 0 amide bonds. The zero-order valence-electron chi connectivity index (χ0n) is 11.1. The van der Waals surface area contributed by atoms with Crippen LogP contribution in [0, 0.1) is 5.41 Å². The predicted octanol–water partition coefficient (Wildman–Crippen LogP) is 1.88. The molecule has 2 saturated heterocycles. The van der Waals surface area contributed by atoms with Crippen LogP contribution in [0.4, 0.5) is 0 Å². The third-order valence-electron chi connectivity index (χ3n) is 4.39. The van der Waals surface area contributed by atoms with Crippen molar-refractivity contribution in [1.82, 2.24) is 10.2 Å². The lowest BCUT2D eigenvalue weighted by atomic mass is 9.86. The Kier molecular flexibility index (Phi) is 3.27. The molecule has 1 aromatic rings. The minimum Gasteiger partial charge on any atom is -0.497 e. The van der Waals surface area contributed by atoms with Crippen LogP contribution in [0.25, 0.3) is 0 Å². The van der Waals surface area contributed by atoms with Crippen LogP contribution in [0.2, 0.25) is 0 Å². The number of rotatable bonds is 3. The molecular formula is C15H22N2O. The maximum absolute atomic E-state index is 5.28. The summed E-state index contributed by atoms with van der Waals surface area (Å²) in [4.78, 5) is 2.59. The summed E-state index contributed by atoms with van der Waals surface area (Å²) in [6.45, 7) is 5.95. The van der Waals surface area contributed by atoms with E-state index in [1.807, 2.05) is 6.07 Å². The normalized spacial score (nSPS) is 28.1. The number of hydrogen-bond acceptors (Lipinski definition) is 3. The molecule has 2 aliphatic heterocycles. The molecule has 3 heteroatoms. The smallest absolute Gasteiger partial charge is 0.119 e. The molecule has 3 rings (SSSR count). The van der Waals surface area contributed by atoms with E-state index in [1.165, 1.54) is 44.6 Å². The molecule has 18 heavy (non-hydrogen) atoms. The first-order valence-electron chi connectivity index (χ1n) is 6.86. The molecule has 1 spiro atoms. The topological polar surface area (TPSA) is 24.5 Å². The van der Waals surface area contributed by atoms with Gasteiger partial charge in [0.2, 0.25) is 0 Å². The van der Waals surface area contributed by atoms with Crippen molar-refractivity contribution in [3.8, 4) is 5.75 Å². The Morgan fingerprint density at radius 3 is 3.11 bits per heavy atom. The van der Waals surface area contributed by atoms with E-state index in [4.69, 9.17) is 4.74 Å². The molecule has 0 bridgehead atoms. The van der Waals surface area contributed by atoms with E-state index in [9.17, 15) is 0 Å². The fourth-order valence-electron chi connectivity index (χ4n) is 3.34. The molecule has 2 aliphatic rings. The van der Waals surface area contributed by atoms with Crippen LogP contribution in [0.15, 0.2) is 24.3 Å². The number of nitrogens with zero attached hydrogens (tertiary/aromatic N) is 1. The molecule has 0 radical (unpaired) electrons. The number of ether oxygens (including phenoxy) is 1. The van der Waals surface area contributed by atoms with Crippen LogP contribution in [0.5, 0.6) is 5.75 Å². The molecule has 1 N–H and O–H groups in total. The third kappa shape index (κ3) is 2.38. The Bertz CT molecular complexity index is 413. The van der Waals surface area contributed by atoms with Crippen molar-refractivity contribution in [1.29, 1.82) is 0 Å². The Balaban J connectivity index is 1.63. The third-order valence-corrected chi connectivity index (χ3v) is 4.39. The molecule has 1 unspecified atom stereocenters. The van der Waals surface area contributed by atoms with Crippen LogP contribution in [-0.4, -0.2) is 38.2 Å². The van der Waals surface area contributed by atoms with Crippen molar-refractivity contribution in [3.05, 3.63) is 29.8 Å². The number of nitrogens with one attached hydrogen (secondary N) is 1. The van der Waals surface area contributed by atoms with Crippen molar-refractivity contribution in [2.45, 2.75) is 19.4 Å². The van der Waals surface area contributed by atoms with Crippen molar-refractivity contribution in [2.24, 2.45) is 5.41 Å². The van der Waals surface area contributed by atoms with Gasteiger partial charge in [-0.15, -0.1) is 0 Å². The molecule has 0 saturated carbocycles. The van der Waals surface area contributed by atoms with Crippen molar-refractivity contribution in [3.63, 3.8) is 0 Å². The van der Waals surface area contributed by atoms with E-state index in [1.54, 1.807) is 7.11 Å². The van der Waals surface area contributed by atoms with Gasteiger partial charge in [0, 0.05) is 19.6 Å². The Morgan fingerprint density at radius 1 is 1.39 bits per heavy atom. The molecular weight excluding hydrogens is 224 g/mol. The average molecular weight is 246 g/mol. The summed E-state index contributed by atoms with van der Waals surface area (Å²) in [6.07, 6.45) is 2.70. The molecule has 1 aromatic carbocycles. The summed E-state index contributed by atoms with van der Waals surface area (Å²) in [5.41, 5.74) is 1.93. The van der Waals surface area contributed by atoms with Gasteiger partial charge in [-0.25, -0.2) is 0 Å². The number of benzene rings is 1. The van der Waals surface area contributed by atoms with E-state index in [-0.39, 0.29) is 0 Å². The van der Waals surface area contributed by atoms with E-state index in [0.717, 1.165) is 12.3 Å². The highest BCUT2D eigenvalue weighted by Gasteiger charge is 2.39. The highest BCUT2D eigenvalue weighted by Crippen LogP contribution is 2.36. The fourth-order valence-corrected chi connectivity index (χ4v) is 3.34. The summed E-state index contributed by atoms with van der Waals surface area (Å²) in [6, 6.07) is 8.44. The molecule has 2 heterocycles. The van der Waals surface area contributed by atoms with Gasteiger partial charge in [0.05, 0.1) is 7.11 Å². The second kappa shape index (κ2) is 4.90. The SMILES string of the molecule is COc1cccc(CN2CCC3(CCNC3)C2)c1. The van der Waals surface area contributed by atoms with Crippen LogP contribution < -0.4 is 10.1 Å². The lowest BCUT2D eigenvalue weighted by molar-refractivity contribution is 0.268. The summed E-state index contributed by atoms with van der Waals surface area (Å²) in [5, 5.41) is 3.51. The van der Waals surface area contributed by atoms with Crippen molar-refractivity contribution >= 4 is 0 Å². The lowest BCUT2D eigenvalue weighted by Crippen LogP contribution is -2.28. The minimum absolute atomic E-state index is 0.568. The maximum atomic E-state index is 5.28. The van der Waals surface area contributed by atoms with Gasteiger partial charge >= 0.3 is 0 Å². The molecule has 2 fully saturated rings. The summed E-state index contributed by atoms with van der Waals surface area (Å²) < 4.78 is 5.28. The maximum Gasteiger partial charge on any atom is 0.119 e. The molecule has 0 aromatic heterocycles. The zero-order valence-corrected chi connectivity index (χ0v) is 11.1. The Hall–Kier alpha value is -1.06. The quantitative estimate of drug-likeness (QED) is 0.881. The van der Waals surface area contributed by atoms with E-state index in [0.29, 0.717) is 5.41 Å². The number of likely N-dealkylation sites (tertiary alicyclic amines) is 1. The minimum atomic E-state index is 0.568. The van der Waals surface area contributed by atoms with Crippen molar-refractivity contribution in [2.75, 3.05) is 33.3 Å². The standard InChI is InChI=1S/C15H22N2O/c1-18-14-4-2-3-13(9-14)10-17-8-6-15(12-17)5-7-16-11-15/h2-4,9,16H,5-8,10-12H2,1H3. The average Bonchev–Trinajstić information content (AvgIpc) is 3.01. The molecule has 1 atom stereocenters. The lowest BCUT2D eigenvalue weighted by Gasteiger charge is -2.22. The van der Waals surface area contributed by atoms with Crippen LogP contribution in [0.1, 0.15) is 18.4 Å². The van der Waals surface area contributed by atoms with Gasteiger partial charge in [0.15, 0.2) is 0 Å². The highest BCUT2D eigenvalue weighted by atomic mass is 16.5. The molecule has 98 valence electrons. The summed E-state index contributed by atoms with van der Waals surface area (Å²) in [7, 11) is 1.73. The molecule has 3 nitrogen and oxygen atoms in total. The van der Waals surface area contributed by atoms with Gasteiger partial charge in [-0.1, -0.05) is 12.1 Å².